The molecule has 0 fully saturated rings. The Labute approximate surface area is 71.0 Å². The lowest BCUT2D eigenvalue weighted by atomic mass is 10.5. The highest BCUT2D eigenvalue weighted by Gasteiger charge is 2.02. The molecule has 1 aromatic rings. The monoisotopic (exact) mass is 216 g/mol. The van der Waals surface area contributed by atoms with Crippen molar-refractivity contribution in [1.29, 1.82) is 0 Å². The average Bonchev–Trinajstić information content (AvgIpc) is 2.39. The molecule has 0 aliphatic rings. The van der Waals surface area contributed by atoms with Crippen molar-refractivity contribution in [2.24, 2.45) is 0 Å². The lowest BCUT2D eigenvalue weighted by Gasteiger charge is -1.98. The molecule has 0 aromatic carbocycles. The van der Waals surface area contributed by atoms with E-state index in [9.17, 15) is 4.79 Å². The van der Waals surface area contributed by atoms with Crippen LogP contribution in [-0.4, -0.2) is 19.9 Å². The van der Waals surface area contributed by atoms with E-state index in [0.29, 0.717) is 5.95 Å². The molecule has 5 nitrogen and oxygen atoms in total. The quantitative estimate of drug-likeness (QED) is 0.576. The number of H-pyrrole nitrogens is 1. The zero-order valence-electron chi connectivity index (χ0n) is 5.47. The van der Waals surface area contributed by atoms with Crippen molar-refractivity contribution in [3.05, 3.63) is 18.6 Å². The minimum absolute atomic E-state index is 0.210. The van der Waals surface area contributed by atoms with Crippen molar-refractivity contribution in [2.75, 3.05) is 5.32 Å². The van der Waals surface area contributed by atoms with Gasteiger partial charge in [-0.25, -0.2) is 5.10 Å². The standard InChI is InChI=1S/C5H5BrN4O/c1-3(4(6)11)9-5-7-2-8-10-5/h2H,1H2,(H2,7,8,9,10). The Balaban J connectivity index is 2.57. The van der Waals surface area contributed by atoms with Gasteiger partial charge in [-0.2, -0.15) is 10.1 Å². The van der Waals surface area contributed by atoms with Crippen LogP contribution in [0.4, 0.5) is 5.95 Å². The highest BCUT2D eigenvalue weighted by molar-refractivity contribution is 9.18. The molecule has 1 rings (SSSR count). The molecule has 11 heavy (non-hydrogen) atoms. The van der Waals surface area contributed by atoms with E-state index in [4.69, 9.17) is 0 Å². The third-order valence-corrected chi connectivity index (χ3v) is 1.40. The molecule has 0 atom stereocenters. The number of rotatable bonds is 3. The van der Waals surface area contributed by atoms with E-state index in [1.165, 1.54) is 6.33 Å². The molecule has 0 unspecified atom stereocenters. The number of anilines is 1. The van der Waals surface area contributed by atoms with Crippen molar-refractivity contribution in [3.8, 4) is 0 Å². The predicted octanol–water partition coefficient (Wildman–Crippen LogP) is 0.652. The van der Waals surface area contributed by atoms with E-state index in [0.717, 1.165) is 0 Å². The number of carbonyl (C=O) groups is 1. The van der Waals surface area contributed by atoms with E-state index < -0.39 is 0 Å². The van der Waals surface area contributed by atoms with Gasteiger partial charge in [-0.05, 0) is 15.9 Å². The molecular formula is C5H5BrN4O. The van der Waals surface area contributed by atoms with E-state index in [2.05, 4.69) is 43.0 Å². The molecule has 0 saturated heterocycles. The van der Waals surface area contributed by atoms with Crippen LogP contribution in [0.5, 0.6) is 0 Å². The molecule has 0 amide bonds. The first kappa shape index (κ1) is 7.93. The summed E-state index contributed by atoms with van der Waals surface area (Å²) in [5, 5.41) is 8.69. The van der Waals surface area contributed by atoms with Gasteiger partial charge in [0.1, 0.15) is 6.33 Å². The molecular weight excluding hydrogens is 212 g/mol. The summed E-state index contributed by atoms with van der Waals surface area (Å²) in [5.41, 5.74) is 0.210. The van der Waals surface area contributed by atoms with Crippen LogP contribution in [0.15, 0.2) is 18.6 Å². The second-order valence-corrected chi connectivity index (χ2v) is 2.43. The SMILES string of the molecule is C=C(Nc1ncn[nH]1)C(=O)Br. The maximum Gasteiger partial charge on any atom is 0.243 e. The minimum atomic E-state index is -0.311. The summed E-state index contributed by atoms with van der Waals surface area (Å²) in [6.45, 7) is 3.43. The van der Waals surface area contributed by atoms with Gasteiger partial charge in [0, 0.05) is 0 Å². The topological polar surface area (TPSA) is 70.7 Å². The third kappa shape index (κ3) is 2.15. The summed E-state index contributed by atoms with van der Waals surface area (Å²) >= 11 is 2.72. The van der Waals surface area contributed by atoms with Gasteiger partial charge in [0.2, 0.25) is 10.6 Å². The molecule has 0 aliphatic carbocycles. The minimum Gasteiger partial charge on any atom is -0.321 e. The van der Waals surface area contributed by atoms with Crippen molar-refractivity contribution in [3.63, 3.8) is 0 Å². The van der Waals surface area contributed by atoms with Crippen LogP contribution in [0, 0.1) is 0 Å². The summed E-state index contributed by atoms with van der Waals surface area (Å²) in [6.07, 6.45) is 1.33. The zero-order chi connectivity index (χ0) is 8.27. The maximum atomic E-state index is 10.6. The van der Waals surface area contributed by atoms with E-state index in [1.54, 1.807) is 0 Å². The van der Waals surface area contributed by atoms with Gasteiger partial charge in [0.05, 0.1) is 5.70 Å². The Morgan fingerprint density at radius 2 is 2.55 bits per heavy atom. The lowest BCUT2D eigenvalue weighted by Crippen LogP contribution is -2.04. The molecule has 0 radical (unpaired) electrons. The summed E-state index contributed by atoms with van der Waals surface area (Å²) in [4.78, 5) is 14.3. The van der Waals surface area contributed by atoms with E-state index in [1.807, 2.05) is 0 Å². The summed E-state index contributed by atoms with van der Waals surface area (Å²) < 4.78 is -0.311. The number of aromatic nitrogens is 3. The van der Waals surface area contributed by atoms with Crippen LogP contribution in [0.3, 0.4) is 0 Å². The van der Waals surface area contributed by atoms with Gasteiger partial charge in [-0.3, -0.25) is 4.79 Å². The maximum absolute atomic E-state index is 10.6. The van der Waals surface area contributed by atoms with Gasteiger partial charge in [0.15, 0.2) is 0 Å². The second kappa shape index (κ2) is 3.29. The first-order valence-corrected chi connectivity index (χ1v) is 3.50. The Kier molecular flexibility index (Phi) is 2.37. The van der Waals surface area contributed by atoms with Crippen molar-refractivity contribution in [1.82, 2.24) is 15.2 Å². The van der Waals surface area contributed by atoms with Crippen molar-refractivity contribution >= 4 is 26.6 Å². The fourth-order valence-corrected chi connectivity index (χ4v) is 0.557. The number of aromatic amines is 1. The average molecular weight is 217 g/mol. The Hall–Kier alpha value is -1.17. The Morgan fingerprint density at radius 3 is 3.00 bits per heavy atom. The molecule has 0 saturated carbocycles. The summed E-state index contributed by atoms with van der Waals surface area (Å²) in [6, 6.07) is 0. The second-order valence-electron chi connectivity index (χ2n) is 1.71. The Bertz CT molecular complexity index is 268. The first-order chi connectivity index (χ1) is 5.20. The fraction of sp³-hybridized carbons (Fsp3) is 0. The largest absolute Gasteiger partial charge is 0.321 e. The molecule has 0 aliphatic heterocycles. The van der Waals surface area contributed by atoms with Crippen LogP contribution >= 0.6 is 15.9 Å². The predicted molar refractivity (Wildman–Crippen MR) is 43.1 cm³/mol. The molecule has 2 N–H and O–H groups in total. The van der Waals surface area contributed by atoms with Gasteiger partial charge < -0.3 is 5.32 Å². The van der Waals surface area contributed by atoms with Crippen LogP contribution in [0.2, 0.25) is 0 Å². The number of hydrogen-bond donors (Lipinski definition) is 2. The number of hydrogen-bond acceptors (Lipinski definition) is 4. The highest BCUT2D eigenvalue weighted by Crippen LogP contribution is 2.02. The number of nitrogens with zero attached hydrogens (tertiary/aromatic N) is 2. The fourth-order valence-electron chi connectivity index (χ4n) is 0.458. The smallest absolute Gasteiger partial charge is 0.243 e. The van der Waals surface area contributed by atoms with Gasteiger partial charge in [-0.15, -0.1) is 0 Å². The molecule has 6 heteroatoms. The van der Waals surface area contributed by atoms with Gasteiger partial charge >= 0.3 is 0 Å². The summed E-state index contributed by atoms with van der Waals surface area (Å²) in [5.74, 6) is 0.391. The van der Waals surface area contributed by atoms with Gasteiger partial charge in [0.25, 0.3) is 0 Å². The molecule has 0 spiro atoms. The number of nitrogens with one attached hydrogen (secondary N) is 2. The molecule has 1 aromatic heterocycles. The van der Waals surface area contributed by atoms with E-state index in [-0.39, 0.29) is 10.4 Å². The first-order valence-electron chi connectivity index (χ1n) is 2.71. The molecule has 1 heterocycles. The third-order valence-electron chi connectivity index (χ3n) is 0.922. The Morgan fingerprint density at radius 1 is 1.82 bits per heavy atom. The summed E-state index contributed by atoms with van der Waals surface area (Å²) in [7, 11) is 0. The van der Waals surface area contributed by atoms with Crippen molar-refractivity contribution < 1.29 is 4.79 Å². The van der Waals surface area contributed by atoms with E-state index >= 15 is 0 Å². The molecule has 0 bridgehead atoms. The highest BCUT2D eigenvalue weighted by atomic mass is 79.9. The normalized spacial score (nSPS) is 9.18. The van der Waals surface area contributed by atoms with Crippen LogP contribution < -0.4 is 5.32 Å². The zero-order valence-corrected chi connectivity index (χ0v) is 7.05. The number of allylic oxidation sites excluding steroid dienone is 1. The molecule has 58 valence electrons. The van der Waals surface area contributed by atoms with Crippen LogP contribution in [-0.2, 0) is 4.79 Å². The van der Waals surface area contributed by atoms with Crippen LogP contribution in [0.25, 0.3) is 0 Å². The lowest BCUT2D eigenvalue weighted by molar-refractivity contribution is -0.107. The number of carbonyl (C=O) groups excluding carboxylic acids is 1. The van der Waals surface area contributed by atoms with Crippen LogP contribution in [0.1, 0.15) is 0 Å². The van der Waals surface area contributed by atoms with Gasteiger partial charge in [-0.1, -0.05) is 6.58 Å². The van der Waals surface area contributed by atoms with Crippen molar-refractivity contribution in [2.45, 2.75) is 0 Å². The number of halogens is 1.